The molecule has 0 saturated carbocycles. The number of aliphatic hydroxyl groups is 1. The fraction of sp³-hybridized carbons (Fsp3) is 0.261. The summed E-state index contributed by atoms with van der Waals surface area (Å²) in [7, 11) is -4.02. The van der Waals surface area contributed by atoms with Crippen molar-refractivity contribution in [3.63, 3.8) is 0 Å². The molecule has 0 radical (unpaired) electrons. The van der Waals surface area contributed by atoms with Gasteiger partial charge in [0.05, 0.1) is 29.6 Å². The second-order valence-corrected chi connectivity index (χ2v) is 11.7. The number of benzene rings is 1. The van der Waals surface area contributed by atoms with Crippen molar-refractivity contribution < 1.29 is 39.9 Å². The molecule has 3 heterocycles. The molecule has 3 aromatic heterocycles. The van der Waals surface area contributed by atoms with Gasteiger partial charge in [0.1, 0.15) is 5.69 Å². The summed E-state index contributed by atoms with van der Waals surface area (Å²) in [5.41, 5.74) is -3.92. The number of fused-ring (bicyclic) bond motifs is 1. The van der Waals surface area contributed by atoms with E-state index >= 15 is 0 Å². The summed E-state index contributed by atoms with van der Waals surface area (Å²) in [6.07, 6.45) is -8.44. The van der Waals surface area contributed by atoms with Crippen LogP contribution in [0.3, 0.4) is 0 Å². The Morgan fingerprint density at radius 1 is 1.03 bits per heavy atom. The molecule has 0 aliphatic heterocycles. The zero-order chi connectivity index (χ0) is 28.8. The van der Waals surface area contributed by atoms with Crippen molar-refractivity contribution in [3.8, 4) is 23.1 Å². The number of aliphatic hydroxyl groups excluding tert-OH is 1. The SMILES string of the molecule is CC(C)(CO)NS(=O)(=O)c1cnc(C#Cc2cc3nc(-c4ccc(C(F)(F)F)cc4)cc(C(F)(F)F)n3n2)s1. The van der Waals surface area contributed by atoms with E-state index in [9.17, 15) is 39.9 Å². The zero-order valence-electron chi connectivity index (χ0n) is 19.9. The van der Waals surface area contributed by atoms with Gasteiger partial charge in [0.25, 0.3) is 10.0 Å². The summed E-state index contributed by atoms with van der Waals surface area (Å²) in [5, 5.41) is 13.1. The highest BCUT2D eigenvalue weighted by atomic mass is 32.2. The molecule has 8 nitrogen and oxygen atoms in total. The van der Waals surface area contributed by atoms with Crippen LogP contribution in [0.25, 0.3) is 16.9 Å². The standard InChI is InChI=1S/C23H17F6N5O3S2/c1-21(2,12-35)33-39(36,37)20-11-30-19(38-20)8-7-15-9-18-31-16(10-17(23(27,28)29)34(18)32-15)13-3-5-14(6-4-13)22(24,25)26/h3-6,9-11,33,35H,12H2,1-2H3. The van der Waals surface area contributed by atoms with Crippen LogP contribution >= 0.6 is 11.3 Å². The summed E-state index contributed by atoms with van der Waals surface area (Å²) >= 11 is 0.700. The second-order valence-electron chi connectivity index (χ2n) is 8.78. The molecule has 4 rings (SSSR count). The highest BCUT2D eigenvalue weighted by Gasteiger charge is 2.36. The van der Waals surface area contributed by atoms with Gasteiger partial charge >= 0.3 is 12.4 Å². The van der Waals surface area contributed by atoms with Crippen LogP contribution in [0.5, 0.6) is 0 Å². The predicted molar refractivity (Wildman–Crippen MR) is 128 cm³/mol. The molecule has 0 atom stereocenters. The van der Waals surface area contributed by atoms with E-state index < -0.39 is 45.8 Å². The van der Waals surface area contributed by atoms with Gasteiger partial charge < -0.3 is 5.11 Å². The first kappa shape index (κ1) is 28.5. The molecule has 1 aromatic carbocycles. The molecule has 0 unspecified atom stereocenters. The molecule has 2 N–H and O–H groups in total. The maximum atomic E-state index is 13.8. The Balaban J connectivity index is 1.69. The van der Waals surface area contributed by atoms with Crippen molar-refractivity contribution in [2.75, 3.05) is 6.61 Å². The van der Waals surface area contributed by atoms with E-state index in [4.69, 9.17) is 0 Å². The average Bonchev–Trinajstić information content (AvgIpc) is 3.47. The molecule has 0 fully saturated rings. The largest absolute Gasteiger partial charge is 0.433 e. The molecule has 0 aliphatic rings. The number of nitrogens with zero attached hydrogens (tertiary/aromatic N) is 4. The van der Waals surface area contributed by atoms with Crippen molar-refractivity contribution in [1.82, 2.24) is 24.3 Å². The minimum absolute atomic E-state index is 0.0272. The summed E-state index contributed by atoms with van der Waals surface area (Å²) in [5.74, 6) is 5.06. The number of sulfonamides is 1. The smallest absolute Gasteiger partial charge is 0.394 e. The quantitative estimate of drug-likeness (QED) is 0.265. The van der Waals surface area contributed by atoms with Gasteiger partial charge in [-0.05, 0) is 43.9 Å². The normalized spacial score (nSPS) is 12.9. The number of thiazole rings is 1. The lowest BCUT2D eigenvalue weighted by Crippen LogP contribution is -2.45. The first-order chi connectivity index (χ1) is 18.0. The van der Waals surface area contributed by atoms with E-state index in [1.54, 1.807) is 0 Å². The first-order valence-corrected chi connectivity index (χ1v) is 13.1. The van der Waals surface area contributed by atoms with Gasteiger partial charge in [-0.2, -0.15) is 31.4 Å². The average molecular weight is 590 g/mol. The predicted octanol–water partition coefficient (Wildman–Crippen LogP) is 4.34. The second kappa shape index (κ2) is 9.90. The van der Waals surface area contributed by atoms with Gasteiger partial charge in [0.15, 0.2) is 20.6 Å². The number of hydrogen-bond acceptors (Lipinski definition) is 7. The topological polar surface area (TPSA) is 109 Å². The maximum Gasteiger partial charge on any atom is 0.433 e. The Kier molecular flexibility index (Phi) is 7.23. The summed E-state index contributed by atoms with van der Waals surface area (Å²) in [6, 6.07) is 5.33. The highest BCUT2D eigenvalue weighted by Crippen LogP contribution is 2.34. The number of rotatable bonds is 5. The van der Waals surface area contributed by atoms with Crippen LogP contribution in [0.4, 0.5) is 26.3 Å². The Morgan fingerprint density at radius 2 is 1.69 bits per heavy atom. The van der Waals surface area contributed by atoms with E-state index in [0.717, 1.165) is 36.5 Å². The van der Waals surface area contributed by atoms with Crippen LogP contribution in [-0.2, 0) is 22.4 Å². The fourth-order valence-electron chi connectivity index (χ4n) is 3.22. The Labute approximate surface area is 221 Å². The molecular weight excluding hydrogens is 572 g/mol. The maximum absolute atomic E-state index is 13.8. The minimum Gasteiger partial charge on any atom is -0.394 e. The van der Waals surface area contributed by atoms with E-state index in [2.05, 4.69) is 31.6 Å². The first-order valence-electron chi connectivity index (χ1n) is 10.8. The van der Waals surface area contributed by atoms with Crippen molar-refractivity contribution in [2.24, 2.45) is 0 Å². The van der Waals surface area contributed by atoms with Crippen LogP contribution in [0.2, 0.25) is 0 Å². The zero-order valence-corrected chi connectivity index (χ0v) is 21.5. The lowest BCUT2D eigenvalue weighted by Gasteiger charge is -2.22. The van der Waals surface area contributed by atoms with Gasteiger partial charge in [-0.3, -0.25) is 0 Å². The Morgan fingerprint density at radius 3 is 2.28 bits per heavy atom. The molecule has 0 aliphatic carbocycles. The summed E-state index contributed by atoms with van der Waals surface area (Å²) in [4.78, 5) is 7.99. The van der Waals surface area contributed by atoms with Crippen LogP contribution in [0, 0.1) is 11.8 Å². The lowest BCUT2D eigenvalue weighted by atomic mass is 10.1. The minimum atomic E-state index is -4.88. The molecule has 4 aromatic rings. The number of nitrogens with one attached hydrogen (secondary N) is 1. The summed E-state index contributed by atoms with van der Waals surface area (Å²) in [6.45, 7) is 2.49. The van der Waals surface area contributed by atoms with E-state index in [1.807, 2.05) is 0 Å². The molecule has 0 amide bonds. The fourth-order valence-corrected chi connectivity index (χ4v) is 5.61. The van der Waals surface area contributed by atoms with Gasteiger partial charge in [0, 0.05) is 11.6 Å². The number of aromatic nitrogens is 4. The molecule has 39 heavy (non-hydrogen) atoms. The molecule has 0 saturated heterocycles. The molecular formula is C23H17F6N5O3S2. The number of hydrogen-bond donors (Lipinski definition) is 2. The lowest BCUT2D eigenvalue weighted by molar-refractivity contribution is -0.142. The Hall–Kier alpha value is -3.52. The van der Waals surface area contributed by atoms with Crippen molar-refractivity contribution in [3.05, 3.63) is 64.6 Å². The number of halogens is 6. The van der Waals surface area contributed by atoms with Crippen LogP contribution < -0.4 is 4.72 Å². The molecule has 0 bridgehead atoms. The molecule has 0 spiro atoms. The van der Waals surface area contributed by atoms with Crippen molar-refractivity contribution >= 4 is 27.0 Å². The van der Waals surface area contributed by atoms with E-state index in [1.165, 1.54) is 13.8 Å². The highest BCUT2D eigenvalue weighted by molar-refractivity contribution is 7.91. The van der Waals surface area contributed by atoms with Crippen LogP contribution in [0.15, 0.2) is 46.8 Å². The van der Waals surface area contributed by atoms with Gasteiger partial charge in [-0.15, -0.1) is 0 Å². The third-order valence-electron chi connectivity index (χ3n) is 5.08. The molecule has 16 heteroatoms. The monoisotopic (exact) mass is 589 g/mol. The van der Waals surface area contributed by atoms with Crippen LogP contribution in [-0.4, -0.2) is 45.3 Å². The Bertz CT molecular complexity index is 1700. The van der Waals surface area contributed by atoms with E-state index in [-0.39, 0.29) is 31.8 Å². The van der Waals surface area contributed by atoms with Gasteiger partial charge in [-0.25, -0.2) is 27.6 Å². The third-order valence-corrected chi connectivity index (χ3v) is 8.15. The van der Waals surface area contributed by atoms with Crippen LogP contribution in [0.1, 0.15) is 35.8 Å². The van der Waals surface area contributed by atoms with Crippen molar-refractivity contribution in [1.29, 1.82) is 0 Å². The summed E-state index contributed by atoms with van der Waals surface area (Å²) < 4.78 is 108. The third kappa shape index (κ3) is 6.38. The molecule has 206 valence electrons. The van der Waals surface area contributed by atoms with Gasteiger partial charge in [0.2, 0.25) is 0 Å². The van der Waals surface area contributed by atoms with Gasteiger partial charge in [-0.1, -0.05) is 23.5 Å². The number of alkyl halides is 6. The van der Waals surface area contributed by atoms with E-state index in [0.29, 0.717) is 21.9 Å². The van der Waals surface area contributed by atoms with Crippen molar-refractivity contribution in [2.45, 2.75) is 35.9 Å².